The number of anilines is 1. The van der Waals surface area contributed by atoms with E-state index < -0.39 is 0 Å². The Bertz CT molecular complexity index is 557. The molecule has 0 amide bonds. The molecule has 1 aromatic carbocycles. The van der Waals surface area contributed by atoms with Crippen LogP contribution in [-0.4, -0.2) is 18.6 Å². The Morgan fingerprint density at radius 3 is 2.62 bits per heavy atom. The molecule has 21 heavy (non-hydrogen) atoms. The van der Waals surface area contributed by atoms with Crippen molar-refractivity contribution in [1.29, 1.82) is 0 Å². The number of nitrogens with one attached hydrogen (secondary N) is 1. The van der Waals surface area contributed by atoms with Gasteiger partial charge in [-0.2, -0.15) is 0 Å². The molecular weight excluding hydrogens is 282 g/mol. The minimum Gasteiger partial charge on any atom is -0.355 e. The molecule has 0 fully saturated rings. The zero-order valence-electron chi connectivity index (χ0n) is 12.6. The van der Waals surface area contributed by atoms with Crippen LogP contribution < -0.4 is 10.2 Å². The molecule has 0 aliphatic heterocycles. The highest BCUT2D eigenvalue weighted by Crippen LogP contribution is 2.20. The lowest BCUT2D eigenvalue weighted by atomic mass is 10.2. The van der Waals surface area contributed by atoms with E-state index in [2.05, 4.69) is 46.4 Å². The Morgan fingerprint density at radius 2 is 1.90 bits per heavy atom. The van der Waals surface area contributed by atoms with E-state index in [0.717, 1.165) is 36.0 Å². The molecule has 112 valence electrons. The number of nitrogens with zero attached hydrogens (tertiary/aromatic N) is 2. The maximum Gasteiger partial charge on any atom is 0.129 e. The van der Waals surface area contributed by atoms with Crippen molar-refractivity contribution in [3.63, 3.8) is 0 Å². The second-order valence-corrected chi connectivity index (χ2v) is 5.52. The Balaban J connectivity index is 2.06. The first-order valence-corrected chi connectivity index (χ1v) is 7.69. The molecule has 3 nitrogen and oxygen atoms in total. The summed E-state index contributed by atoms with van der Waals surface area (Å²) >= 11 is 6.22. The predicted octanol–water partition coefficient (Wildman–Crippen LogP) is 3.87. The van der Waals surface area contributed by atoms with Crippen LogP contribution in [0, 0.1) is 0 Å². The summed E-state index contributed by atoms with van der Waals surface area (Å²) in [6, 6.07) is 14.3. The van der Waals surface area contributed by atoms with Crippen LogP contribution in [0.3, 0.4) is 0 Å². The molecule has 0 radical (unpaired) electrons. The molecule has 0 unspecified atom stereocenters. The van der Waals surface area contributed by atoms with Crippen molar-refractivity contribution in [1.82, 2.24) is 10.3 Å². The SMILES string of the molecule is CCCNCc1nc(N(C)Cc2ccccc2)ccc1Cl. The predicted molar refractivity (Wildman–Crippen MR) is 89.8 cm³/mol. The molecule has 0 bridgehead atoms. The molecule has 2 aromatic rings. The lowest BCUT2D eigenvalue weighted by Crippen LogP contribution is -2.20. The van der Waals surface area contributed by atoms with Gasteiger partial charge < -0.3 is 10.2 Å². The van der Waals surface area contributed by atoms with Crippen LogP contribution in [0.2, 0.25) is 5.02 Å². The quantitative estimate of drug-likeness (QED) is 0.787. The highest BCUT2D eigenvalue weighted by atomic mass is 35.5. The van der Waals surface area contributed by atoms with Crippen molar-refractivity contribution >= 4 is 17.4 Å². The third-order valence-electron chi connectivity index (χ3n) is 3.28. The van der Waals surface area contributed by atoms with Gasteiger partial charge in [-0.25, -0.2) is 4.98 Å². The second kappa shape index (κ2) is 8.01. The zero-order valence-corrected chi connectivity index (χ0v) is 13.4. The van der Waals surface area contributed by atoms with Gasteiger partial charge >= 0.3 is 0 Å². The average Bonchev–Trinajstić information content (AvgIpc) is 2.50. The van der Waals surface area contributed by atoms with E-state index >= 15 is 0 Å². The van der Waals surface area contributed by atoms with Gasteiger partial charge in [-0.15, -0.1) is 0 Å². The smallest absolute Gasteiger partial charge is 0.129 e. The van der Waals surface area contributed by atoms with Gasteiger partial charge in [0.25, 0.3) is 0 Å². The summed E-state index contributed by atoms with van der Waals surface area (Å²) in [5.41, 5.74) is 2.17. The molecule has 0 saturated carbocycles. The van der Waals surface area contributed by atoms with Crippen LogP contribution in [-0.2, 0) is 13.1 Å². The van der Waals surface area contributed by atoms with E-state index in [0.29, 0.717) is 6.54 Å². The zero-order chi connectivity index (χ0) is 15.1. The third kappa shape index (κ3) is 4.73. The maximum atomic E-state index is 6.22. The van der Waals surface area contributed by atoms with Gasteiger partial charge in [0.05, 0.1) is 10.7 Å². The number of aromatic nitrogens is 1. The highest BCUT2D eigenvalue weighted by Gasteiger charge is 2.08. The molecule has 0 atom stereocenters. The molecule has 0 aliphatic rings. The van der Waals surface area contributed by atoms with Gasteiger partial charge in [0.2, 0.25) is 0 Å². The lowest BCUT2D eigenvalue weighted by Gasteiger charge is -2.19. The molecule has 4 heteroatoms. The van der Waals surface area contributed by atoms with Crippen LogP contribution in [0.1, 0.15) is 24.6 Å². The number of hydrogen-bond donors (Lipinski definition) is 1. The first-order chi connectivity index (χ1) is 10.2. The average molecular weight is 304 g/mol. The summed E-state index contributed by atoms with van der Waals surface area (Å²) in [6.07, 6.45) is 1.10. The van der Waals surface area contributed by atoms with Gasteiger partial charge in [-0.1, -0.05) is 48.9 Å². The maximum absolute atomic E-state index is 6.22. The van der Waals surface area contributed by atoms with E-state index in [1.165, 1.54) is 5.56 Å². The van der Waals surface area contributed by atoms with Crippen LogP contribution >= 0.6 is 11.6 Å². The summed E-state index contributed by atoms with van der Waals surface area (Å²) in [6.45, 7) is 4.66. The molecule has 1 aromatic heterocycles. The lowest BCUT2D eigenvalue weighted by molar-refractivity contribution is 0.663. The van der Waals surface area contributed by atoms with Crippen LogP contribution in [0.4, 0.5) is 5.82 Å². The Hall–Kier alpha value is -1.58. The minimum absolute atomic E-state index is 0.708. The number of rotatable bonds is 7. The van der Waals surface area contributed by atoms with Gasteiger partial charge in [-0.05, 0) is 30.7 Å². The standard InChI is InChI=1S/C17H22ClN3/c1-3-11-19-12-16-15(18)9-10-17(20-16)21(2)13-14-7-5-4-6-8-14/h4-10,19H,3,11-13H2,1-2H3. The molecule has 1 heterocycles. The topological polar surface area (TPSA) is 28.2 Å². The molecule has 1 N–H and O–H groups in total. The molecule has 0 aliphatic carbocycles. The monoisotopic (exact) mass is 303 g/mol. The fourth-order valence-corrected chi connectivity index (χ4v) is 2.30. The minimum atomic E-state index is 0.708. The van der Waals surface area contributed by atoms with E-state index in [-0.39, 0.29) is 0 Å². The second-order valence-electron chi connectivity index (χ2n) is 5.12. The largest absolute Gasteiger partial charge is 0.355 e. The van der Waals surface area contributed by atoms with Gasteiger partial charge in [-0.3, -0.25) is 0 Å². The third-order valence-corrected chi connectivity index (χ3v) is 3.62. The first kappa shape index (κ1) is 15.8. The molecule has 0 spiro atoms. The summed E-state index contributed by atoms with van der Waals surface area (Å²) in [7, 11) is 2.05. The van der Waals surface area contributed by atoms with Crippen molar-refractivity contribution < 1.29 is 0 Å². The summed E-state index contributed by atoms with van der Waals surface area (Å²) < 4.78 is 0. The number of benzene rings is 1. The highest BCUT2D eigenvalue weighted by molar-refractivity contribution is 6.31. The number of halogens is 1. The first-order valence-electron chi connectivity index (χ1n) is 7.32. The van der Waals surface area contributed by atoms with Gasteiger partial charge in [0, 0.05) is 20.1 Å². The molecule has 0 saturated heterocycles. The molecular formula is C17H22ClN3. The molecule has 2 rings (SSSR count). The van der Waals surface area contributed by atoms with Crippen LogP contribution in [0.25, 0.3) is 0 Å². The van der Waals surface area contributed by atoms with E-state index in [1.807, 2.05) is 25.2 Å². The normalized spacial score (nSPS) is 10.6. The fourth-order valence-electron chi connectivity index (χ4n) is 2.13. The Morgan fingerprint density at radius 1 is 1.14 bits per heavy atom. The van der Waals surface area contributed by atoms with Gasteiger partial charge in [0.1, 0.15) is 5.82 Å². The fraction of sp³-hybridized carbons (Fsp3) is 0.353. The number of pyridine rings is 1. The van der Waals surface area contributed by atoms with Crippen molar-refractivity contribution in [3.05, 3.63) is 58.7 Å². The Labute approximate surface area is 132 Å². The van der Waals surface area contributed by atoms with E-state index in [1.54, 1.807) is 0 Å². The van der Waals surface area contributed by atoms with Crippen molar-refractivity contribution in [2.24, 2.45) is 0 Å². The summed E-state index contributed by atoms with van der Waals surface area (Å²) in [5.74, 6) is 0.941. The number of hydrogen-bond acceptors (Lipinski definition) is 3. The summed E-state index contributed by atoms with van der Waals surface area (Å²) in [5, 5.41) is 4.06. The van der Waals surface area contributed by atoms with Crippen molar-refractivity contribution in [2.75, 3.05) is 18.5 Å². The van der Waals surface area contributed by atoms with Crippen molar-refractivity contribution in [2.45, 2.75) is 26.4 Å². The van der Waals surface area contributed by atoms with Crippen LogP contribution in [0.5, 0.6) is 0 Å². The Kier molecular flexibility index (Phi) is 6.03. The van der Waals surface area contributed by atoms with Crippen molar-refractivity contribution in [3.8, 4) is 0 Å². The van der Waals surface area contributed by atoms with Crippen LogP contribution in [0.15, 0.2) is 42.5 Å². The van der Waals surface area contributed by atoms with E-state index in [9.17, 15) is 0 Å². The van der Waals surface area contributed by atoms with E-state index in [4.69, 9.17) is 11.6 Å². The van der Waals surface area contributed by atoms with Gasteiger partial charge in [0.15, 0.2) is 0 Å². The summed E-state index contributed by atoms with van der Waals surface area (Å²) in [4.78, 5) is 6.81.